The molecule has 0 bridgehead atoms. The Labute approximate surface area is 98.4 Å². The van der Waals surface area contributed by atoms with Gasteiger partial charge >= 0.3 is 0 Å². The molecule has 0 radical (unpaired) electrons. The van der Waals surface area contributed by atoms with Gasteiger partial charge in [-0.2, -0.15) is 0 Å². The Morgan fingerprint density at radius 2 is 2.12 bits per heavy atom. The van der Waals surface area contributed by atoms with E-state index in [1.54, 1.807) is 0 Å². The van der Waals surface area contributed by atoms with Crippen molar-refractivity contribution in [1.29, 1.82) is 0 Å². The third-order valence-electron chi connectivity index (χ3n) is 3.28. The van der Waals surface area contributed by atoms with Crippen molar-refractivity contribution in [1.82, 2.24) is 10.6 Å². The van der Waals surface area contributed by atoms with Gasteiger partial charge in [-0.15, -0.1) is 0 Å². The van der Waals surface area contributed by atoms with Crippen molar-refractivity contribution < 1.29 is 0 Å². The van der Waals surface area contributed by atoms with Gasteiger partial charge in [0.05, 0.1) is 0 Å². The number of nitrogens with one attached hydrogen (secondary N) is 2. The molecular formula is C14H22N2. The molecule has 0 spiro atoms. The van der Waals surface area contributed by atoms with Crippen LogP contribution in [-0.4, -0.2) is 19.1 Å². The van der Waals surface area contributed by atoms with E-state index < -0.39 is 0 Å². The quantitative estimate of drug-likeness (QED) is 0.741. The van der Waals surface area contributed by atoms with Crippen molar-refractivity contribution in [2.45, 2.75) is 38.8 Å². The standard InChI is InChI=1S/C14H22N2/c1-12-4-6-13(7-5-12)11-15-10-8-14-3-2-9-16-14/h4-7,14-16H,2-3,8-11H2,1H3. The molecule has 0 aliphatic carbocycles. The van der Waals surface area contributed by atoms with Crippen LogP contribution in [0, 0.1) is 6.92 Å². The average Bonchev–Trinajstić information content (AvgIpc) is 2.80. The molecule has 1 aliphatic heterocycles. The zero-order valence-corrected chi connectivity index (χ0v) is 10.1. The predicted molar refractivity (Wildman–Crippen MR) is 68.5 cm³/mol. The van der Waals surface area contributed by atoms with Crippen molar-refractivity contribution in [3.8, 4) is 0 Å². The van der Waals surface area contributed by atoms with E-state index >= 15 is 0 Å². The van der Waals surface area contributed by atoms with E-state index in [9.17, 15) is 0 Å². The molecule has 16 heavy (non-hydrogen) atoms. The Hall–Kier alpha value is -0.860. The Morgan fingerprint density at radius 1 is 1.31 bits per heavy atom. The highest BCUT2D eigenvalue weighted by Gasteiger charge is 2.12. The Bertz CT molecular complexity index is 299. The van der Waals surface area contributed by atoms with Gasteiger partial charge in [0, 0.05) is 12.6 Å². The molecule has 2 nitrogen and oxygen atoms in total. The van der Waals surface area contributed by atoms with Gasteiger partial charge in [-0.3, -0.25) is 0 Å². The van der Waals surface area contributed by atoms with Gasteiger partial charge in [-0.25, -0.2) is 0 Å². The van der Waals surface area contributed by atoms with Crippen LogP contribution in [0.15, 0.2) is 24.3 Å². The summed E-state index contributed by atoms with van der Waals surface area (Å²) in [7, 11) is 0. The Morgan fingerprint density at radius 3 is 2.81 bits per heavy atom. The minimum atomic E-state index is 0.755. The first kappa shape index (κ1) is 11.6. The summed E-state index contributed by atoms with van der Waals surface area (Å²) in [6.07, 6.45) is 3.96. The van der Waals surface area contributed by atoms with E-state index in [4.69, 9.17) is 0 Å². The Balaban J connectivity index is 1.62. The van der Waals surface area contributed by atoms with E-state index in [2.05, 4.69) is 41.8 Å². The molecule has 1 saturated heterocycles. The van der Waals surface area contributed by atoms with Crippen LogP contribution in [0.5, 0.6) is 0 Å². The first-order valence-electron chi connectivity index (χ1n) is 6.34. The molecule has 88 valence electrons. The lowest BCUT2D eigenvalue weighted by Gasteiger charge is -2.10. The molecule has 1 aliphatic rings. The molecule has 1 atom stereocenters. The zero-order chi connectivity index (χ0) is 11.2. The maximum Gasteiger partial charge on any atom is 0.0205 e. The van der Waals surface area contributed by atoms with Crippen LogP contribution in [0.2, 0.25) is 0 Å². The van der Waals surface area contributed by atoms with E-state index in [0.29, 0.717) is 0 Å². The van der Waals surface area contributed by atoms with Gasteiger partial charge in [0.1, 0.15) is 0 Å². The minimum absolute atomic E-state index is 0.755. The van der Waals surface area contributed by atoms with Gasteiger partial charge in [0.15, 0.2) is 0 Å². The van der Waals surface area contributed by atoms with E-state index in [1.807, 2.05) is 0 Å². The minimum Gasteiger partial charge on any atom is -0.314 e. The van der Waals surface area contributed by atoms with Crippen LogP contribution < -0.4 is 10.6 Å². The lowest BCUT2D eigenvalue weighted by Crippen LogP contribution is -2.26. The highest BCUT2D eigenvalue weighted by Crippen LogP contribution is 2.08. The van der Waals surface area contributed by atoms with Crippen LogP contribution in [0.3, 0.4) is 0 Å². The summed E-state index contributed by atoms with van der Waals surface area (Å²) >= 11 is 0. The summed E-state index contributed by atoms with van der Waals surface area (Å²) in [5.74, 6) is 0. The van der Waals surface area contributed by atoms with Gasteiger partial charge in [0.2, 0.25) is 0 Å². The summed E-state index contributed by atoms with van der Waals surface area (Å²) < 4.78 is 0. The molecule has 0 amide bonds. The van der Waals surface area contributed by atoms with Gasteiger partial charge in [-0.05, 0) is 44.8 Å². The maximum atomic E-state index is 3.52. The summed E-state index contributed by atoms with van der Waals surface area (Å²) in [5, 5.41) is 7.03. The molecule has 2 N–H and O–H groups in total. The topological polar surface area (TPSA) is 24.1 Å². The second-order valence-corrected chi connectivity index (χ2v) is 4.74. The molecular weight excluding hydrogens is 196 g/mol. The summed E-state index contributed by atoms with van der Waals surface area (Å²) in [6, 6.07) is 9.52. The SMILES string of the molecule is Cc1ccc(CNCCC2CCCN2)cc1. The molecule has 0 aromatic heterocycles. The molecule has 0 saturated carbocycles. The number of rotatable bonds is 5. The predicted octanol–water partition coefficient (Wildman–Crippen LogP) is 2.23. The van der Waals surface area contributed by atoms with Crippen molar-refractivity contribution in [2.24, 2.45) is 0 Å². The van der Waals surface area contributed by atoms with Crippen LogP contribution >= 0.6 is 0 Å². The molecule has 1 aromatic rings. The lowest BCUT2D eigenvalue weighted by atomic mass is 10.1. The summed E-state index contributed by atoms with van der Waals surface area (Å²) in [4.78, 5) is 0. The summed E-state index contributed by atoms with van der Waals surface area (Å²) in [6.45, 7) is 5.45. The molecule has 1 unspecified atom stereocenters. The van der Waals surface area contributed by atoms with Gasteiger partial charge in [-0.1, -0.05) is 29.8 Å². The second kappa shape index (κ2) is 6.02. The Kier molecular flexibility index (Phi) is 4.37. The van der Waals surface area contributed by atoms with Crippen molar-refractivity contribution in [3.63, 3.8) is 0 Å². The van der Waals surface area contributed by atoms with Crippen molar-refractivity contribution in [3.05, 3.63) is 35.4 Å². The molecule has 2 heteroatoms. The fourth-order valence-electron chi connectivity index (χ4n) is 2.22. The largest absolute Gasteiger partial charge is 0.314 e. The average molecular weight is 218 g/mol. The van der Waals surface area contributed by atoms with Crippen LogP contribution in [0.1, 0.15) is 30.4 Å². The third-order valence-corrected chi connectivity index (χ3v) is 3.28. The number of hydrogen-bond donors (Lipinski definition) is 2. The monoisotopic (exact) mass is 218 g/mol. The molecule has 1 fully saturated rings. The normalized spacial score (nSPS) is 20.2. The van der Waals surface area contributed by atoms with Gasteiger partial charge < -0.3 is 10.6 Å². The van der Waals surface area contributed by atoms with E-state index in [0.717, 1.165) is 19.1 Å². The fraction of sp³-hybridized carbons (Fsp3) is 0.571. The van der Waals surface area contributed by atoms with Crippen LogP contribution in [-0.2, 0) is 6.54 Å². The number of benzene rings is 1. The van der Waals surface area contributed by atoms with E-state index in [-0.39, 0.29) is 0 Å². The van der Waals surface area contributed by atoms with Crippen LogP contribution in [0.4, 0.5) is 0 Å². The first-order chi connectivity index (χ1) is 7.84. The number of aryl methyl sites for hydroxylation is 1. The van der Waals surface area contributed by atoms with E-state index in [1.165, 1.54) is 36.9 Å². The highest BCUT2D eigenvalue weighted by molar-refractivity contribution is 5.20. The molecule has 1 heterocycles. The highest BCUT2D eigenvalue weighted by atomic mass is 14.9. The fourth-order valence-corrected chi connectivity index (χ4v) is 2.22. The maximum absolute atomic E-state index is 3.52. The number of hydrogen-bond acceptors (Lipinski definition) is 2. The smallest absolute Gasteiger partial charge is 0.0205 e. The molecule has 2 rings (SSSR count). The summed E-state index contributed by atoms with van der Waals surface area (Å²) in [5.41, 5.74) is 2.71. The van der Waals surface area contributed by atoms with Gasteiger partial charge in [0.25, 0.3) is 0 Å². The lowest BCUT2D eigenvalue weighted by molar-refractivity contribution is 0.523. The van der Waals surface area contributed by atoms with Crippen molar-refractivity contribution in [2.75, 3.05) is 13.1 Å². The molecule has 1 aromatic carbocycles. The van der Waals surface area contributed by atoms with Crippen molar-refractivity contribution >= 4 is 0 Å². The second-order valence-electron chi connectivity index (χ2n) is 4.74. The first-order valence-corrected chi connectivity index (χ1v) is 6.34. The zero-order valence-electron chi connectivity index (χ0n) is 10.1. The van der Waals surface area contributed by atoms with Crippen LogP contribution in [0.25, 0.3) is 0 Å². The third kappa shape index (κ3) is 3.62.